The Morgan fingerprint density at radius 2 is 1.26 bits per heavy atom. The number of hydrogen-bond donors (Lipinski definition) is 0. The average Bonchev–Trinajstić information content (AvgIpc) is 3.31. The lowest BCUT2D eigenvalue weighted by atomic mass is 9.49. The van der Waals surface area contributed by atoms with E-state index >= 15 is 0 Å². The molecule has 9 atom stereocenters. The minimum absolute atomic E-state index is 0.924. The van der Waals surface area contributed by atoms with Crippen molar-refractivity contribution in [2.75, 3.05) is 0 Å². The lowest BCUT2D eigenvalue weighted by Gasteiger charge is -2.56. The first-order valence-electron chi connectivity index (χ1n) is 16.4. The van der Waals surface area contributed by atoms with Crippen LogP contribution < -0.4 is 0 Å². The Labute approximate surface area is 215 Å². The lowest BCUT2D eigenvalue weighted by molar-refractivity contribution is -0.0696. The second-order valence-corrected chi connectivity index (χ2v) is 14.5. The van der Waals surface area contributed by atoms with E-state index in [9.17, 15) is 0 Å². The molecule has 0 aromatic rings. The molecule has 5 saturated carbocycles. The van der Waals surface area contributed by atoms with Gasteiger partial charge in [0.1, 0.15) is 0 Å². The fraction of sp³-hybridized carbons (Fsp3) is 1.00. The molecule has 5 fully saturated rings. The van der Waals surface area contributed by atoms with Gasteiger partial charge in [-0.2, -0.15) is 0 Å². The zero-order chi connectivity index (χ0) is 24.2. The van der Waals surface area contributed by atoms with Crippen LogP contribution in [0.1, 0.15) is 144 Å². The molecule has 0 saturated heterocycles. The molecule has 0 amide bonds. The van der Waals surface area contributed by atoms with Gasteiger partial charge in [-0.25, -0.2) is 0 Å². The Hall–Kier alpha value is 0. The topological polar surface area (TPSA) is 0 Å². The monoisotopic (exact) mass is 470 g/mol. The Morgan fingerprint density at radius 1 is 0.618 bits per heavy atom. The first-order valence-corrected chi connectivity index (χ1v) is 16.4. The highest BCUT2D eigenvalue weighted by Crippen LogP contribution is 2.60. The minimum Gasteiger partial charge on any atom is -0.0651 e. The van der Waals surface area contributed by atoms with Crippen LogP contribution >= 0.6 is 0 Å². The van der Waals surface area contributed by atoms with E-state index in [0.717, 1.165) is 71.0 Å². The highest BCUT2D eigenvalue weighted by atomic mass is 14.6. The van der Waals surface area contributed by atoms with Gasteiger partial charge in [-0.3, -0.25) is 0 Å². The molecule has 0 aliphatic heterocycles. The minimum atomic E-state index is 0.924. The third-order valence-corrected chi connectivity index (χ3v) is 12.5. The molecule has 0 bridgehead atoms. The molecule has 5 rings (SSSR count). The van der Waals surface area contributed by atoms with Gasteiger partial charge >= 0.3 is 0 Å². The second kappa shape index (κ2) is 12.5. The van der Waals surface area contributed by atoms with Crippen LogP contribution in [0.5, 0.6) is 0 Å². The van der Waals surface area contributed by atoms with Gasteiger partial charge in [-0.1, -0.05) is 99.3 Å². The standard InChI is InChI=1S/C24H42.C10H20/c1-4-17-13-14-18-9-6-7-11-21(18)23(17)24-20(5-2)16(3)15-19-10-8-12-22(19)24;1-8(2)10-6-4-9(3)5-7-10/h16-24H,4-15H2,1-3H3;8-10H,4-7H2,1-3H3. The smallest absolute Gasteiger partial charge is 0.0319 e. The normalized spacial score (nSPS) is 46.9. The van der Waals surface area contributed by atoms with E-state index in [4.69, 9.17) is 0 Å². The summed E-state index contributed by atoms with van der Waals surface area (Å²) in [4.78, 5) is 0. The van der Waals surface area contributed by atoms with Gasteiger partial charge in [0, 0.05) is 0 Å². The zero-order valence-corrected chi connectivity index (χ0v) is 24.2. The van der Waals surface area contributed by atoms with Crippen LogP contribution in [0.3, 0.4) is 0 Å². The summed E-state index contributed by atoms with van der Waals surface area (Å²) in [5.41, 5.74) is 0. The molecule has 5 aliphatic rings. The fourth-order valence-electron chi connectivity index (χ4n) is 10.6. The third kappa shape index (κ3) is 5.93. The first kappa shape index (κ1) is 27.0. The van der Waals surface area contributed by atoms with Gasteiger partial charge in [-0.15, -0.1) is 0 Å². The summed E-state index contributed by atoms with van der Waals surface area (Å²) in [5, 5.41) is 0. The number of fused-ring (bicyclic) bond motifs is 2. The van der Waals surface area contributed by atoms with Crippen molar-refractivity contribution >= 4 is 0 Å². The number of hydrogen-bond acceptors (Lipinski definition) is 0. The summed E-state index contributed by atoms with van der Waals surface area (Å²) in [5.74, 6) is 12.7. The Balaban J connectivity index is 0.000000231. The molecule has 5 aliphatic carbocycles. The van der Waals surface area contributed by atoms with E-state index in [2.05, 4.69) is 41.5 Å². The van der Waals surface area contributed by atoms with E-state index in [-0.39, 0.29) is 0 Å². The van der Waals surface area contributed by atoms with E-state index in [1.165, 1.54) is 44.9 Å². The molecular weight excluding hydrogens is 408 g/mol. The second-order valence-electron chi connectivity index (χ2n) is 14.5. The van der Waals surface area contributed by atoms with Crippen molar-refractivity contribution < 1.29 is 0 Å². The Morgan fingerprint density at radius 3 is 1.94 bits per heavy atom. The van der Waals surface area contributed by atoms with Crippen molar-refractivity contribution in [3.63, 3.8) is 0 Å². The molecule has 0 aromatic carbocycles. The van der Waals surface area contributed by atoms with Crippen LogP contribution in [0, 0.1) is 71.0 Å². The van der Waals surface area contributed by atoms with Crippen molar-refractivity contribution in [3.05, 3.63) is 0 Å². The van der Waals surface area contributed by atoms with Crippen LogP contribution in [0.25, 0.3) is 0 Å². The SMILES string of the molecule is CC1CCC(C(C)C)CC1.CCC1CCC2CCCCC2C1C1C(CC)C(C)CC2CCCC21. The molecule has 9 unspecified atom stereocenters. The molecule has 0 heterocycles. The van der Waals surface area contributed by atoms with Crippen molar-refractivity contribution in [3.8, 4) is 0 Å². The maximum absolute atomic E-state index is 2.62. The van der Waals surface area contributed by atoms with Crippen LogP contribution in [0.4, 0.5) is 0 Å². The van der Waals surface area contributed by atoms with Crippen LogP contribution in [0.15, 0.2) is 0 Å². The molecule has 0 aromatic heterocycles. The quantitative estimate of drug-likeness (QED) is 0.383. The van der Waals surface area contributed by atoms with Crippen molar-refractivity contribution in [2.45, 2.75) is 144 Å². The summed E-state index contributed by atoms with van der Waals surface area (Å²) in [6.45, 7) is 14.8. The van der Waals surface area contributed by atoms with Crippen LogP contribution in [0.2, 0.25) is 0 Å². The van der Waals surface area contributed by atoms with E-state index in [0.29, 0.717) is 0 Å². The summed E-state index contributed by atoms with van der Waals surface area (Å²) in [7, 11) is 0. The molecular formula is C34H62. The number of rotatable bonds is 4. The Kier molecular flexibility index (Phi) is 9.94. The predicted molar refractivity (Wildman–Crippen MR) is 150 cm³/mol. The van der Waals surface area contributed by atoms with E-state index in [1.54, 1.807) is 57.8 Å². The van der Waals surface area contributed by atoms with Gasteiger partial charge in [0.25, 0.3) is 0 Å². The van der Waals surface area contributed by atoms with Gasteiger partial charge in [0.05, 0.1) is 0 Å². The summed E-state index contributed by atoms with van der Waals surface area (Å²) in [6.07, 6.45) is 24.5. The molecule has 0 nitrogen and oxygen atoms in total. The predicted octanol–water partition coefficient (Wildman–Crippen LogP) is 10.8. The molecule has 0 heteroatoms. The van der Waals surface area contributed by atoms with Crippen molar-refractivity contribution in [1.82, 2.24) is 0 Å². The van der Waals surface area contributed by atoms with Gasteiger partial charge in [0.2, 0.25) is 0 Å². The molecule has 34 heavy (non-hydrogen) atoms. The molecule has 198 valence electrons. The van der Waals surface area contributed by atoms with Crippen LogP contribution in [-0.4, -0.2) is 0 Å². The first-order chi connectivity index (χ1) is 16.4. The highest BCUT2D eigenvalue weighted by molar-refractivity contribution is 5.01. The summed E-state index contributed by atoms with van der Waals surface area (Å²) < 4.78 is 0. The Bertz CT molecular complexity index is 581. The van der Waals surface area contributed by atoms with Gasteiger partial charge in [-0.05, 0) is 116 Å². The lowest BCUT2D eigenvalue weighted by Crippen LogP contribution is -2.49. The highest BCUT2D eigenvalue weighted by Gasteiger charge is 2.52. The van der Waals surface area contributed by atoms with Crippen molar-refractivity contribution in [2.24, 2.45) is 71.0 Å². The average molecular weight is 471 g/mol. The summed E-state index contributed by atoms with van der Waals surface area (Å²) in [6, 6.07) is 0. The zero-order valence-electron chi connectivity index (χ0n) is 24.2. The van der Waals surface area contributed by atoms with Crippen LogP contribution in [-0.2, 0) is 0 Å². The van der Waals surface area contributed by atoms with Crippen molar-refractivity contribution in [1.29, 1.82) is 0 Å². The van der Waals surface area contributed by atoms with Gasteiger partial charge in [0.15, 0.2) is 0 Å². The molecule has 0 radical (unpaired) electrons. The fourth-order valence-corrected chi connectivity index (χ4v) is 10.6. The third-order valence-electron chi connectivity index (χ3n) is 12.5. The maximum Gasteiger partial charge on any atom is -0.0319 e. The van der Waals surface area contributed by atoms with E-state index < -0.39 is 0 Å². The maximum atomic E-state index is 2.62. The molecule has 0 N–H and O–H groups in total. The van der Waals surface area contributed by atoms with E-state index in [1.807, 2.05) is 0 Å². The van der Waals surface area contributed by atoms with Gasteiger partial charge < -0.3 is 0 Å². The largest absolute Gasteiger partial charge is 0.0651 e. The summed E-state index contributed by atoms with van der Waals surface area (Å²) >= 11 is 0. The molecule has 0 spiro atoms.